The lowest BCUT2D eigenvalue weighted by molar-refractivity contribution is -0.150. The Hall–Kier alpha value is -1.71. The van der Waals surface area contributed by atoms with Crippen LogP contribution in [0.3, 0.4) is 0 Å². The van der Waals surface area contributed by atoms with E-state index in [1.165, 1.54) is 5.69 Å². The van der Waals surface area contributed by atoms with E-state index in [1.807, 2.05) is 38.1 Å². The standard InChI is InChI=1S/C15H22N2O2/c1-15(2,14(18)19)11-7-9-17(10-8-11)13-5-3-12(16)4-6-13/h3-6,11H,7-10,16H2,1-2H3,(H,18,19). The fraction of sp³-hybridized carbons (Fsp3) is 0.533. The van der Waals surface area contributed by atoms with Crippen molar-refractivity contribution in [3.63, 3.8) is 0 Å². The third kappa shape index (κ3) is 2.83. The Labute approximate surface area is 114 Å². The first-order valence-corrected chi connectivity index (χ1v) is 6.75. The number of piperidine rings is 1. The fourth-order valence-electron chi connectivity index (χ4n) is 2.72. The van der Waals surface area contributed by atoms with Gasteiger partial charge < -0.3 is 15.7 Å². The van der Waals surface area contributed by atoms with Gasteiger partial charge in [-0.1, -0.05) is 0 Å². The summed E-state index contributed by atoms with van der Waals surface area (Å²) in [6.07, 6.45) is 1.84. The molecule has 0 aromatic heterocycles. The molecule has 4 nitrogen and oxygen atoms in total. The van der Waals surface area contributed by atoms with Gasteiger partial charge in [0.1, 0.15) is 0 Å². The van der Waals surface area contributed by atoms with Crippen LogP contribution < -0.4 is 10.6 Å². The van der Waals surface area contributed by atoms with E-state index in [9.17, 15) is 9.90 Å². The quantitative estimate of drug-likeness (QED) is 0.822. The first-order chi connectivity index (χ1) is 8.91. The van der Waals surface area contributed by atoms with Gasteiger partial charge in [-0.05, 0) is 56.9 Å². The van der Waals surface area contributed by atoms with Crippen molar-refractivity contribution in [3.8, 4) is 0 Å². The molecule has 0 aliphatic carbocycles. The van der Waals surface area contributed by atoms with E-state index in [2.05, 4.69) is 4.90 Å². The molecule has 0 bridgehead atoms. The molecule has 0 unspecified atom stereocenters. The number of carboxylic acids is 1. The molecule has 4 heteroatoms. The van der Waals surface area contributed by atoms with Crippen LogP contribution in [0.15, 0.2) is 24.3 Å². The molecular formula is C15H22N2O2. The molecule has 104 valence electrons. The number of benzene rings is 1. The highest BCUT2D eigenvalue weighted by atomic mass is 16.4. The second-order valence-electron chi connectivity index (χ2n) is 5.88. The number of nitrogen functional groups attached to an aromatic ring is 1. The molecule has 1 fully saturated rings. The molecule has 0 spiro atoms. The van der Waals surface area contributed by atoms with Gasteiger partial charge in [-0.15, -0.1) is 0 Å². The zero-order valence-corrected chi connectivity index (χ0v) is 11.6. The Morgan fingerprint density at radius 1 is 1.26 bits per heavy atom. The molecule has 1 aromatic carbocycles. The van der Waals surface area contributed by atoms with Gasteiger partial charge in [-0.3, -0.25) is 4.79 Å². The highest BCUT2D eigenvalue weighted by Gasteiger charge is 2.38. The van der Waals surface area contributed by atoms with Crippen LogP contribution in [0.2, 0.25) is 0 Å². The highest BCUT2D eigenvalue weighted by Crippen LogP contribution is 2.36. The summed E-state index contributed by atoms with van der Waals surface area (Å²) in [7, 11) is 0. The van der Waals surface area contributed by atoms with Crippen LogP contribution in [-0.2, 0) is 4.79 Å². The third-order valence-corrected chi connectivity index (χ3v) is 4.33. The fourth-order valence-corrected chi connectivity index (χ4v) is 2.72. The van der Waals surface area contributed by atoms with Gasteiger partial charge >= 0.3 is 5.97 Å². The molecule has 19 heavy (non-hydrogen) atoms. The molecule has 0 radical (unpaired) electrons. The Balaban J connectivity index is 1.99. The van der Waals surface area contributed by atoms with E-state index >= 15 is 0 Å². The Bertz CT molecular complexity index is 446. The third-order valence-electron chi connectivity index (χ3n) is 4.33. The number of anilines is 2. The predicted molar refractivity (Wildman–Crippen MR) is 77.2 cm³/mol. The Morgan fingerprint density at radius 2 is 1.79 bits per heavy atom. The van der Waals surface area contributed by atoms with Gasteiger partial charge in [0, 0.05) is 24.5 Å². The summed E-state index contributed by atoms with van der Waals surface area (Å²) in [6.45, 7) is 5.48. The number of carbonyl (C=O) groups is 1. The molecule has 1 heterocycles. The van der Waals surface area contributed by atoms with E-state index in [0.717, 1.165) is 31.6 Å². The summed E-state index contributed by atoms with van der Waals surface area (Å²) in [5.41, 5.74) is 6.99. The summed E-state index contributed by atoms with van der Waals surface area (Å²) in [5, 5.41) is 9.28. The van der Waals surface area contributed by atoms with E-state index in [0.29, 0.717) is 0 Å². The van der Waals surface area contributed by atoms with E-state index < -0.39 is 11.4 Å². The molecule has 3 N–H and O–H groups in total. The van der Waals surface area contributed by atoms with Crippen LogP contribution in [0.25, 0.3) is 0 Å². The monoisotopic (exact) mass is 262 g/mol. The zero-order valence-electron chi connectivity index (χ0n) is 11.6. The maximum Gasteiger partial charge on any atom is 0.309 e. The minimum Gasteiger partial charge on any atom is -0.481 e. The van der Waals surface area contributed by atoms with Crippen LogP contribution in [0, 0.1) is 11.3 Å². The number of hydrogen-bond donors (Lipinski definition) is 2. The van der Waals surface area contributed by atoms with Crippen LogP contribution >= 0.6 is 0 Å². The van der Waals surface area contributed by atoms with Crippen molar-refractivity contribution in [1.82, 2.24) is 0 Å². The first-order valence-electron chi connectivity index (χ1n) is 6.75. The van der Waals surface area contributed by atoms with Crippen LogP contribution in [0.5, 0.6) is 0 Å². The smallest absolute Gasteiger partial charge is 0.309 e. The van der Waals surface area contributed by atoms with E-state index in [4.69, 9.17) is 5.73 Å². The second kappa shape index (κ2) is 5.11. The maximum atomic E-state index is 11.3. The van der Waals surface area contributed by atoms with Gasteiger partial charge in [-0.2, -0.15) is 0 Å². The van der Waals surface area contributed by atoms with Crippen molar-refractivity contribution >= 4 is 17.3 Å². The zero-order chi connectivity index (χ0) is 14.0. The van der Waals surface area contributed by atoms with Gasteiger partial charge in [0.2, 0.25) is 0 Å². The van der Waals surface area contributed by atoms with Crippen molar-refractivity contribution in [2.45, 2.75) is 26.7 Å². The second-order valence-corrected chi connectivity index (χ2v) is 5.88. The molecule has 0 amide bonds. The molecule has 1 saturated heterocycles. The topological polar surface area (TPSA) is 66.6 Å². The molecule has 1 aliphatic heterocycles. The normalized spacial score (nSPS) is 17.5. The van der Waals surface area contributed by atoms with E-state index in [-0.39, 0.29) is 5.92 Å². The van der Waals surface area contributed by atoms with Crippen molar-refractivity contribution < 1.29 is 9.90 Å². The molecular weight excluding hydrogens is 240 g/mol. The van der Waals surface area contributed by atoms with Gasteiger partial charge in [0.05, 0.1) is 5.41 Å². The Kier molecular flexibility index (Phi) is 3.69. The molecule has 1 aromatic rings. The first kappa shape index (κ1) is 13.7. The lowest BCUT2D eigenvalue weighted by atomic mass is 9.73. The van der Waals surface area contributed by atoms with Crippen LogP contribution in [-0.4, -0.2) is 24.2 Å². The molecule has 0 saturated carbocycles. The summed E-state index contributed by atoms with van der Waals surface area (Å²) < 4.78 is 0. The van der Waals surface area contributed by atoms with Crippen molar-refractivity contribution in [2.75, 3.05) is 23.7 Å². The van der Waals surface area contributed by atoms with Gasteiger partial charge in [0.25, 0.3) is 0 Å². The van der Waals surface area contributed by atoms with Crippen molar-refractivity contribution in [1.29, 1.82) is 0 Å². The highest BCUT2D eigenvalue weighted by molar-refractivity contribution is 5.74. The SMILES string of the molecule is CC(C)(C(=O)O)C1CCN(c2ccc(N)cc2)CC1. The lowest BCUT2D eigenvalue weighted by Gasteiger charge is -2.39. The number of aliphatic carboxylic acids is 1. The summed E-state index contributed by atoms with van der Waals surface area (Å²) in [4.78, 5) is 13.6. The minimum absolute atomic E-state index is 0.245. The van der Waals surface area contributed by atoms with Crippen LogP contribution in [0.1, 0.15) is 26.7 Å². The Morgan fingerprint density at radius 3 is 2.26 bits per heavy atom. The molecule has 1 aliphatic rings. The largest absolute Gasteiger partial charge is 0.481 e. The predicted octanol–water partition coefficient (Wildman–Crippen LogP) is 2.60. The number of nitrogens with two attached hydrogens (primary N) is 1. The summed E-state index contributed by atoms with van der Waals surface area (Å²) in [6, 6.07) is 7.86. The van der Waals surface area contributed by atoms with Gasteiger partial charge in [0.15, 0.2) is 0 Å². The van der Waals surface area contributed by atoms with E-state index in [1.54, 1.807) is 0 Å². The lowest BCUT2D eigenvalue weighted by Crippen LogP contribution is -2.42. The number of carboxylic acid groups (broad SMARTS) is 1. The summed E-state index contributed by atoms with van der Waals surface area (Å²) in [5.74, 6) is -0.450. The number of hydrogen-bond acceptors (Lipinski definition) is 3. The number of rotatable bonds is 3. The minimum atomic E-state index is -0.696. The summed E-state index contributed by atoms with van der Waals surface area (Å²) >= 11 is 0. The van der Waals surface area contributed by atoms with Crippen molar-refractivity contribution in [2.24, 2.45) is 11.3 Å². The average molecular weight is 262 g/mol. The number of nitrogens with zero attached hydrogens (tertiary/aromatic N) is 1. The van der Waals surface area contributed by atoms with Crippen molar-refractivity contribution in [3.05, 3.63) is 24.3 Å². The molecule has 2 rings (SSSR count). The maximum absolute atomic E-state index is 11.3. The average Bonchev–Trinajstić information content (AvgIpc) is 2.39. The molecule has 0 atom stereocenters. The van der Waals surface area contributed by atoms with Gasteiger partial charge in [-0.25, -0.2) is 0 Å². The van der Waals surface area contributed by atoms with Crippen LogP contribution in [0.4, 0.5) is 11.4 Å².